The molecule has 0 amide bonds. The van der Waals surface area contributed by atoms with E-state index in [2.05, 4.69) is 15.3 Å². The number of aromatic nitrogens is 2. The lowest BCUT2D eigenvalue weighted by atomic mass is 10.1. The van der Waals surface area contributed by atoms with Gasteiger partial charge in [-0.3, -0.25) is 0 Å². The quantitative estimate of drug-likeness (QED) is 0.888. The molecule has 0 fully saturated rings. The van der Waals surface area contributed by atoms with E-state index in [9.17, 15) is 8.78 Å². The first-order chi connectivity index (χ1) is 10.1. The number of aryl methyl sites for hydroxylation is 1. The van der Waals surface area contributed by atoms with Crippen LogP contribution >= 0.6 is 0 Å². The Balaban J connectivity index is 2.52. The molecule has 112 valence electrons. The van der Waals surface area contributed by atoms with E-state index in [1.165, 1.54) is 12.1 Å². The van der Waals surface area contributed by atoms with E-state index in [0.29, 0.717) is 11.4 Å². The Hall–Kier alpha value is -2.04. The second kappa shape index (κ2) is 6.61. The number of anilines is 1. The number of halogens is 2. The predicted molar refractivity (Wildman–Crippen MR) is 80.7 cm³/mol. The van der Waals surface area contributed by atoms with E-state index in [4.69, 9.17) is 0 Å². The molecule has 2 rings (SSSR count). The number of hydrogen-bond donors (Lipinski definition) is 1. The van der Waals surface area contributed by atoms with E-state index in [0.717, 1.165) is 30.0 Å². The molecular weight excluding hydrogens is 272 g/mol. The zero-order valence-electron chi connectivity index (χ0n) is 12.5. The lowest BCUT2D eigenvalue weighted by Gasteiger charge is -2.13. The molecule has 2 aromatic rings. The van der Waals surface area contributed by atoms with Crippen molar-refractivity contribution in [3.05, 3.63) is 41.1 Å². The van der Waals surface area contributed by atoms with Crippen LogP contribution in [0.25, 0.3) is 11.4 Å². The number of nitrogens with zero attached hydrogens (tertiary/aromatic N) is 2. The van der Waals surface area contributed by atoms with E-state index < -0.39 is 6.43 Å². The van der Waals surface area contributed by atoms with Crippen LogP contribution in [0, 0.1) is 6.92 Å². The number of benzene rings is 1. The molecule has 1 aromatic carbocycles. The fraction of sp³-hybridized carbons (Fsp3) is 0.375. The van der Waals surface area contributed by atoms with E-state index >= 15 is 0 Å². The summed E-state index contributed by atoms with van der Waals surface area (Å²) >= 11 is 0. The summed E-state index contributed by atoms with van der Waals surface area (Å²) in [6.07, 6.45) is -1.72. The molecule has 1 N–H and O–H groups in total. The maximum atomic E-state index is 12.8. The Bertz CT molecular complexity index is 627. The van der Waals surface area contributed by atoms with Gasteiger partial charge in [-0.05, 0) is 26.3 Å². The summed E-state index contributed by atoms with van der Waals surface area (Å²) < 4.78 is 25.6. The molecule has 1 heterocycles. The fourth-order valence-electron chi connectivity index (χ4n) is 2.19. The largest absolute Gasteiger partial charge is 0.370 e. The van der Waals surface area contributed by atoms with Gasteiger partial charge in [-0.1, -0.05) is 25.1 Å². The molecule has 0 saturated heterocycles. The first kappa shape index (κ1) is 15.4. The molecule has 0 aliphatic heterocycles. The van der Waals surface area contributed by atoms with Crippen LogP contribution in [-0.2, 0) is 6.42 Å². The van der Waals surface area contributed by atoms with Crippen LogP contribution in [0.5, 0.6) is 0 Å². The monoisotopic (exact) mass is 291 g/mol. The normalized spacial score (nSPS) is 11.0. The molecule has 0 aliphatic rings. The molecule has 0 radical (unpaired) electrons. The van der Waals surface area contributed by atoms with Crippen LogP contribution < -0.4 is 5.32 Å². The number of rotatable bonds is 5. The molecular formula is C16H19F2N3. The van der Waals surface area contributed by atoms with Crippen LogP contribution in [0.3, 0.4) is 0 Å². The zero-order valence-corrected chi connectivity index (χ0v) is 12.5. The Morgan fingerprint density at radius 2 is 1.95 bits per heavy atom. The van der Waals surface area contributed by atoms with E-state index in [1.54, 1.807) is 12.1 Å². The van der Waals surface area contributed by atoms with Gasteiger partial charge >= 0.3 is 0 Å². The SMILES string of the molecule is CCNc1nc(-c2cccc(C(F)F)c2)nc(CC)c1C. The molecule has 1 aromatic heterocycles. The summed E-state index contributed by atoms with van der Waals surface area (Å²) in [6.45, 7) is 6.72. The Morgan fingerprint density at radius 3 is 2.57 bits per heavy atom. The highest BCUT2D eigenvalue weighted by Gasteiger charge is 2.13. The summed E-state index contributed by atoms with van der Waals surface area (Å²) in [5.74, 6) is 1.25. The first-order valence-corrected chi connectivity index (χ1v) is 7.06. The van der Waals surface area contributed by atoms with Gasteiger partial charge in [-0.15, -0.1) is 0 Å². The zero-order chi connectivity index (χ0) is 15.4. The minimum atomic E-state index is -2.49. The van der Waals surface area contributed by atoms with Gasteiger partial charge in [0.1, 0.15) is 5.82 Å². The minimum Gasteiger partial charge on any atom is -0.370 e. The van der Waals surface area contributed by atoms with Crippen molar-refractivity contribution >= 4 is 5.82 Å². The van der Waals surface area contributed by atoms with E-state index in [1.807, 2.05) is 20.8 Å². The third kappa shape index (κ3) is 3.35. The average Bonchev–Trinajstić information content (AvgIpc) is 2.49. The Labute approximate surface area is 123 Å². The molecule has 0 spiro atoms. The van der Waals surface area contributed by atoms with Gasteiger partial charge in [0.2, 0.25) is 0 Å². The van der Waals surface area contributed by atoms with Crippen LogP contribution in [-0.4, -0.2) is 16.5 Å². The molecule has 3 nitrogen and oxygen atoms in total. The second-order valence-corrected chi connectivity index (χ2v) is 4.78. The third-order valence-electron chi connectivity index (χ3n) is 3.32. The van der Waals surface area contributed by atoms with Gasteiger partial charge in [-0.25, -0.2) is 18.7 Å². The highest BCUT2D eigenvalue weighted by Crippen LogP contribution is 2.26. The Kier molecular flexibility index (Phi) is 4.83. The topological polar surface area (TPSA) is 37.8 Å². The number of nitrogens with one attached hydrogen (secondary N) is 1. The molecule has 0 aliphatic carbocycles. The highest BCUT2D eigenvalue weighted by molar-refractivity contribution is 5.60. The Morgan fingerprint density at radius 1 is 1.19 bits per heavy atom. The molecule has 0 atom stereocenters. The summed E-state index contributed by atoms with van der Waals surface area (Å²) in [5.41, 5.74) is 2.54. The van der Waals surface area contributed by atoms with Crippen molar-refractivity contribution < 1.29 is 8.78 Å². The van der Waals surface area contributed by atoms with Crippen molar-refractivity contribution in [1.82, 2.24) is 9.97 Å². The van der Waals surface area contributed by atoms with Gasteiger partial charge in [0.05, 0.1) is 0 Å². The molecule has 5 heteroatoms. The highest BCUT2D eigenvalue weighted by atomic mass is 19.3. The molecule has 0 unspecified atom stereocenters. The smallest absolute Gasteiger partial charge is 0.263 e. The van der Waals surface area contributed by atoms with Crippen LogP contribution in [0.2, 0.25) is 0 Å². The van der Waals surface area contributed by atoms with Gasteiger partial charge in [-0.2, -0.15) is 0 Å². The number of hydrogen-bond acceptors (Lipinski definition) is 3. The molecule has 0 bridgehead atoms. The summed E-state index contributed by atoms with van der Waals surface area (Å²) in [4.78, 5) is 8.98. The summed E-state index contributed by atoms with van der Waals surface area (Å²) in [5, 5.41) is 3.20. The van der Waals surface area contributed by atoms with Crippen LogP contribution in [0.1, 0.15) is 37.1 Å². The first-order valence-electron chi connectivity index (χ1n) is 7.06. The van der Waals surface area contributed by atoms with Crippen LogP contribution in [0.15, 0.2) is 24.3 Å². The van der Waals surface area contributed by atoms with Crippen molar-refractivity contribution in [2.24, 2.45) is 0 Å². The van der Waals surface area contributed by atoms with Gasteiger partial charge < -0.3 is 5.32 Å². The van der Waals surface area contributed by atoms with Crippen LogP contribution in [0.4, 0.5) is 14.6 Å². The summed E-state index contributed by atoms with van der Waals surface area (Å²) in [7, 11) is 0. The van der Waals surface area contributed by atoms with Gasteiger partial charge in [0, 0.05) is 28.9 Å². The standard InChI is InChI=1S/C16H19F2N3/c1-4-13-10(3)15(19-5-2)21-16(20-13)12-8-6-7-11(9-12)14(17)18/h6-9,14H,4-5H2,1-3H3,(H,19,20,21). The van der Waals surface area contributed by atoms with Gasteiger partial charge in [0.15, 0.2) is 5.82 Å². The lowest BCUT2D eigenvalue weighted by molar-refractivity contribution is 0.151. The maximum Gasteiger partial charge on any atom is 0.263 e. The molecule has 21 heavy (non-hydrogen) atoms. The van der Waals surface area contributed by atoms with Crippen molar-refractivity contribution in [1.29, 1.82) is 0 Å². The second-order valence-electron chi connectivity index (χ2n) is 4.78. The fourth-order valence-corrected chi connectivity index (χ4v) is 2.19. The van der Waals surface area contributed by atoms with Crippen molar-refractivity contribution in [3.63, 3.8) is 0 Å². The maximum absolute atomic E-state index is 12.8. The van der Waals surface area contributed by atoms with Crippen molar-refractivity contribution in [2.75, 3.05) is 11.9 Å². The van der Waals surface area contributed by atoms with Crippen molar-refractivity contribution in [2.45, 2.75) is 33.6 Å². The third-order valence-corrected chi connectivity index (χ3v) is 3.32. The average molecular weight is 291 g/mol. The predicted octanol–water partition coefficient (Wildman–Crippen LogP) is 4.38. The van der Waals surface area contributed by atoms with Crippen molar-refractivity contribution in [3.8, 4) is 11.4 Å². The molecule has 0 saturated carbocycles. The summed E-state index contributed by atoms with van der Waals surface area (Å²) in [6, 6.07) is 6.23. The minimum absolute atomic E-state index is 0.0141. The lowest BCUT2D eigenvalue weighted by Crippen LogP contribution is -2.07. The van der Waals surface area contributed by atoms with Gasteiger partial charge in [0.25, 0.3) is 6.43 Å². The van der Waals surface area contributed by atoms with E-state index in [-0.39, 0.29) is 5.56 Å². The number of alkyl halides is 2.